The van der Waals surface area contributed by atoms with Crippen LogP contribution in [0.15, 0.2) is 18.5 Å². The lowest BCUT2D eigenvalue weighted by Gasteiger charge is -2.05. The number of unbranched alkanes of at least 4 members (excludes halogenated alkanes) is 15. The maximum Gasteiger partial charge on any atom is 0.171 e. The average molecular weight is 417 g/mol. The van der Waals surface area contributed by atoms with Crippen LogP contribution in [0.5, 0.6) is 0 Å². The topological polar surface area (TPSA) is 3.88 Å². The number of aromatic nitrogens is 1. The number of hydrogen-bond acceptors (Lipinski definition) is 0. The normalized spacial score (nSPS) is 11.3. The van der Waals surface area contributed by atoms with Crippen molar-refractivity contribution in [1.82, 2.24) is 0 Å². The largest absolute Gasteiger partial charge is 0.205 e. The van der Waals surface area contributed by atoms with E-state index >= 15 is 0 Å². The van der Waals surface area contributed by atoms with Gasteiger partial charge in [0.25, 0.3) is 0 Å². The van der Waals surface area contributed by atoms with Gasteiger partial charge in [-0.15, -0.1) is 0 Å². The van der Waals surface area contributed by atoms with Crippen molar-refractivity contribution < 1.29 is 4.57 Å². The molecule has 0 aromatic carbocycles. The molecule has 1 heterocycles. The molecule has 0 saturated carbocycles. The van der Waals surface area contributed by atoms with Crippen molar-refractivity contribution in [2.45, 2.75) is 156 Å². The van der Waals surface area contributed by atoms with E-state index in [4.69, 9.17) is 0 Å². The zero-order chi connectivity index (χ0) is 21.7. The van der Waals surface area contributed by atoms with Crippen molar-refractivity contribution >= 4 is 0 Å². The Balaban J connectivity index is 1.96. The van der Waals surface area contributed by atoms with Crippen LogP contribution < -0.4 is 4.57 Å². The van der Waals surface area contributed by atoms with Crippen molar-refractivity contribution in [2.75, 3.05) is 0 Å². The predicted octanol–water partition coefficient (Wildman–Crippen LogP) is 9.14. The fourth-order valence-electron chi connectivity index (χ4n) is 4.60. The number of pyridine rings is 1. The van der Waals surface area contributed by atoms with E-state index in [1.165, 1.54) is 146 Å². The van der Waals surface area contributed by atoms with Crippen LogP contribution in [0.25, 0.3) is 0 Å². The minimum Gasteiger partial charge on any atom is -0.205 e. The molecule has 0 atom stereocenters. The zero-order valence-electron chi connectivity index (χ0n) is 21.0. The van der Waals surface area contributed by atoms with E-state index in [1.54, 1.807) is 0 Å². The minimum absolute atomic E-state index is 1.20. The third kappa shape index (κ3) is 15.0. The van der Waals surface area contributed by atoms with Gasteiger partial charge in [-0.1, -0.05) is 124 Å². The predicted molar refractivity (Wildman–Crippen MR) is 134 cm³/mol. The molecule has 1 rings (SSSR count). The third-order valence-corrected chi connectivity index (χ3v) is 6.38. The molecule has 0 bridgehead atoms. The molecule has 30 heavy (non-hydrogen) atoms. The Morgan fingerprint density at radius 2 is 0.833 bits per heavy atom. The lowest BCUT2D eigenvalue weighted by atomic mass is 10.0. The molecule has 0 spiro atoms. The van der Waals surface area contributed by atoms with E-state index in [0.29, 0.717) is 0 Å². The standard InChI is InChI=1S/C29H54N/c1-4-7-8-9-10-11-12-13-14-15-16-17-18-19-20-21-24-30-26-28(22-5-2)25-29(27-30)23-6-3/h25-27H,4-24H2,1-3H3/q+1. The summed E-state index contributed by atoms with van der Waals surface area (Å²) < 4.78 is 2.47. The second kappa shape index (κ2) is 20.1. The Morgan fingerprint density at radius 3 is 1.20 bits per heavy atom. The maximum absolute atomic E-state index is 2.47. The molecular weight excluding hydrogens is 362 g/mol. The van der Waals surface area contributed by atoms with E-state index in [-0.39, 0.29) is 0 Å². The van der Waals surface area contributed by atoms with Crippen LogP contribution >= 0.6 is 0 Å². The highest BCUT2D eigenvalue weighted by atomic mass is 14.9. The number of nitrogens with zero attached hydrogens (tertiary/aromatic N) is 1. The second-order valence-corrected chi connectivity index (χ2v) is 9.59. The molecule has 0 aliphatic rings. The van der Waals surface area contributed by atoms with Gasteiger partial charge in [-0.2, -0.15) is 0 Å². The smallest absolute Gasteiger partial charge is 0.171 e. The van der Waals surface area contributed by atoms with Gasteiger partial charge >= 0.3 is 0 Å². The van der Waals surface area contributed by atoms with Crippen LogP contribution in [0.1, 0.15) is 147 Å². The number of rotatable bonds is 21. The summed E-state index contributed by atoms with van der Waals surface area (Å²) in [6.45, 7) is 8.07. The molecule has 0 fully saturated rings. The maximum atomic E-state index is 2.47. The minimum atomic E-state index is 1.20. The summed E-state index contributed by atoms with van der Waals surface area (Å²) in [5, 5.41) is 0. The van der Waals surface area contributed by atoms with Crippen molar-refractivity contribution in [3.05, 3.63) is 29.6 Å². The summed E-state index contributed by atoms with van der Waals surface area (Å²) in [4.78, 5) is 0. The molecule has 0 saturated heterocycles. The van der Waals surface area contributed by atoms with Crippen molar-refractivity contribution in [3.63, 3.8) is 0 Å². The highest BCUT2D eigenvalue weighted by molar-refractivity contribution is 5.15. The molecule has 1 nitrogen and oxygen atoms in total. The van der Waals surface area contributed by atoms with Gasteiger partial charge in [0.05, 0.1) is 0 Å². The van der Waals surface area contributed by atoms with Gasteiger partial charge in [-0.25, -0.2) is 4.57 Å². The lowest BCUT2D eigenvalue weighted by Crippen LogP contribution is -2.34. The van der Waals surface area contributed by atoms with Crippen molar-refractivity contribution in [1.29, 1.82) is 0 Å². The quantitative estimate of drug-likeness (QED) is 0.139. The molecule has 0 aliphatic heterocycles. The summed E-state index contributed by atoms with van der Waals surface area (Å²) in [5.74, 6) is 0. The van der Waals surface area contributed by atoms with Crippen molar-refractivity contribution in [3.8, 4) is 0 Å². The first kappa shape index (κ1) is 27.2. The first-order valence-corrected chi connectivity index (χ1v) is 13.8. The average Bonchev–Trinajstić information content (AvgIpc) is 2.74. The first-order chi connectivity index (χ1) is 14.8. The van der Waals surface area contributed by atoms with Gasteiger partial charge in [-0.05, 0) is 25.3 Å². The molecule has 0 radical (unpaired) electrons. The number of hydrogen-bond donors (Lipinski definition) is 0. The highest BCUT2D eigenvalue weighted by Crippen LogP contribution is 2.14. The second-order valence-electron chi connectivity index (χ2n) is 9.59. The molecule has 1 aromatic heterocycles. The fourth-order valence-corrected chi connectivity index (χ4v) is 4.60. The Kier molecular flexibility index (Phi) is 18.2. The van der Waals surface area contributed by atoms with Crippen LogP contribution in [0.4, 0.5) is 0 Å². The van der Waals surface area contributed by atoms with E-state index in [0.717, 1.165) is 0 Å². The monoisotopic (exact) mass is 416 g/mol. The Bertz CT molecular complexity index is 469. The first-order valence-electron chi connectivity index (χ1n) is 13.8. The summed E-state index contributed by atoms with van der Waals surface area (Å²) in [6.07, 6.45) is 32.8. The van der Waals surface area contributed by atoms with E-state index < -0.39 is 0 Å². The molecular formula is C29H54N+. The van der Waals surface area contributed by atoms with Crippen LogP contribution in [0.3, 0.4) is 0 Å². The van der Waals surface area contributed by atoms with Gasteiger partial charge in [0.15, 0.2) is 12.4 Å². The summed E-state index contributed by atoms with van der Waals surface area (Å²) in [5.41, 5.74) is 3.06. The van der Waals surface area contributed by atoms with E-state index in [9.17, 15) is 0 Å². The molecule has 0 aliphatic carbocycles. The zero-order valence-corrected chi connectivity index (χ0v) is 21.0. The third-order valence-electron chi connectivity index (χ3n) is 6.38. The van der Waals surface area contributed by atoms with Gasteiger partial charge in [0, 0.05) is 17.5 Å². The molecule has 1 aromatic rings. The van der Waals surface area contributed by atoms with Crippen LogP contribution in [0.2, 0.25) is 0 Å². The van der Waals surface area contributed by atoms with E-state index in [2.05, 4.69) is 43.8 Å². The molecule has 0 N–H and O–H groups in total. The van der Waals surface area contributed by atoms with Crippen molar-refractivity contribution in [2.24, 2.45) is 0 Å². The molecule has 174 valence electrons. The number of aryl methyl sites for hydroxylation is 3. The van der Waals surface area contributed by atoms with Gasteiger partial charge in [0.1, 0.15) is 6.54 Å². The Labute approximate surface area is 190 Å². The molecule has 0 unspecified atom stereocenters. The lowest BCUT2D eigenvalue weighted by molar-refractivity contribution is -0.698. The van der Waals surface area contributed by atoms with Crippen LogP contribution in [-0.2, 0) is 19.4 Å². The SMILES string of the molecule is CCCCCCCCCCCCCCCCCC[n+]1cc(CCC)cc(CCC)c1. The van der Waals surface area contributed by atoms with E-state index in [1.807, 2.05) is 0 Å². The van der Waals surface area contributed by atoms with Crippen LogP contribution in [0, 0.1) is 0 Å². The highest BCUT2D eigenvalue weighted by Gasteiger charge is 2.07. The fraction of sp³-hybridized carbons (Fsp3) is 0.828. The summed E-state index contributed by atoms with van der Waals surface area (Å²) in [6, 6.07) is 2.43. The summed E-state index contributed by atoms with van der Waals surface area (Å²) >= 11 is 0. The van der Waals surface area contributed by atoms with Gasteiger partial charge in [0.2, 0.25) is 0 Å². The Morgan fingerprint density at radius 1 is 0.467 bits per heavy atom. The molecule has 1 heteroatoms. The molecule has 0 amide bonds. The van der Waals surface area contributed by atoms with Gasteiger partial charge in [-0.3, -0.25) is 0 Å². The summed E-state index contributed by atoms with van der Waals surface area (Å²) in [7, 11) is 0. The Hall–Kier alpha value is -0.850. The van der Waals surface area contributed by atoms with Gasteiger partial charge < -0.3 is 0 Å². The van der Waals surface area contributed by atoms with Crippen LogP contribution in [-0.4, -0.2) is 0 Å².